The molecular formula is C10H20N2. The number of hydrogen-bond donors (Lipinski definition) is 0. The molecule has 0 aromatic rings. The summed E-state index contributed by atoms with van der Waals surface area (Å²) < 4.78 is 0. The lowest BCUT2D eigenvalue weighted by molar-refractivity contribution is 0.0300. The lowest BCUT2D eigenvalue weighted by atomic mass is 9.86. The largest absolute Gasteiger partial charge is 0.306 e. The molecule has 0 aliphatic carbocycles. The van der Waals surface area contributed by atoms with Crippen molar-refractivity contribution in [2.45, 2.75) is 25.3 Å². The standard InChI is InChI=1S/C10H20N2/c1-11-7-9(8-11)10-5-3-4-6-12(10)2/h9-10H,3-8H2,1-2H3. The smallest absolute Gasteiger partial charge is 0.0145 e. The van der Waals surface area contributed by atoms with Crippen molar-refractivity contribution in [3.63, 3.8) is 0 Å². The van der Waals surface area contributed by atoms with Gasteiger partial charge in [-0.1, -0.05) is 6.42 Å². The molecule has 2 nitrogen and oxygen atoms in total. The minimum absolute atomic E-state index is 0.898. The van der Waals surface area contributed by atoms with Gasteiger partial charge in [0.05, 0.1) is 0 Å². The summed E-state index contributed by atoms with van der Waals surface area (Å²) in [5.74, 6) is 0.972. The summed E-state index contributed by atoms with van der Waals surface area (Å²) in [6.07, 6.45) is 4.31. The summed E-state index contributed by atoms with van der Waals surface area (Å²) in [5.41, 5.74) is 0. The molecule has 2 aliphatic heterocycles. The molecule has 1 atom stereocenters. The summed E-state index contributed by atoms with van der Waals surface area (Å²) in [4.78, 5) is 4.99. The second kappa shape index (κ2) is 3.35. The predicted octanol–water partition coefficient (Wildman–Crippen LogP) is 1.03. The Hall–Kier alpha value is -0.0800. The maximum atomic E-state index is 2.57. The molecule has 0 aromatic heterocycles. The highest BCUT2D eigenvalue weighted by Gasteiger charge is 2.34. The summed E-state index contributed by atoms with van der Waals surface area (Å²) in [5, 5.41) is 0. The summed E-state index contributed by atoms with van der Waals surface area (Å²) in [6.45, 7) is 3.98. The van der Waals surface area contributed by atoms with Crippen LogP contribution in [0.25, 0.3) is 0 Å². The van der Waals surface area contributed by atoms with E-state index in [0.29, 0.717) is 0 Å². The summed E-state index contributed by atoms with van der Waals surface area (Å²) in [6, 6.07) is 0.898. The van der Waals surface area contributed by atoms with Gasteiger partial charge in [0.2, 0.25) is 0 Å². The van der Waals surface area contributed by atoms with Gasteiger partial charge in [0.1, 0.15) is 0 Å². The van der Waals surface area contributed by atoms with E-state index in [1.807, 2.05) is 0 Å². The van der Waals surface area contributed by atoms with E-state index in [4.69, 9.17) is 0 Å². The molecule has 0 radical (unpaired) electrons. The van der Waals surface area contributed by atoms with Crippen LogP contribution in [0.3, 0.4) is 0 Å². The second-order valence-electron chi connectivity index (χ2n) is 4.53. The van der Waals surface area contributed by atoms with E-state index < -0.39 is 0 Å². The van der Waals surface area contributed by atoms with E-state index in [1.54, 1.807) is 0 Å². The zero-order valence-electron chi connectivity index (χ0n) is 8.29. The quantitative estimate of drug-likeness (QED) is 0.577. The van der Waals surface area contributed by atoms with Crippen molar-refractivity contribution in [3.05, 3.63) is 0 Å². The Bertz CT molecular complexity index is 152. The average Bonchev–Trinajstić information content (AvgIpc) is 2.01. The first kappa shape index (κ1) is 8.52. The van der Waals surface area contributed by atoms with Crippen molar-refractivity contribution in [2.24, 2.45) is 5.92 Å². The monoisotopic (exact) mass is 168 g/mol. The fourth-order valence-corrected chi connectivity index (χ4v) is 2.69. The first-order chi connectivity index (χ1) is 5.77. The molecule has 2 fully saturated rings. The topological polar surface area (TPSA) is 6.48 Å². The van der Waals surface area contributed by atoms with Crippen LogP contribution < -0.4 is 0 Å². The molecule has 2 heteroatoms. The average molecular weight is 168 g/mol. The SMILES string of the molecule is CN1CC(C2CCCCN2C)C1. The van der Waals surface area contributed by atoms with E-state index in [0.717, 1.165) is 12.0 Å². The van der Waals surface area contributed by atoms with Gasteiger partial charge in [-0.3, -0.25) is 0 Å². The molecule has 0 spiro atoms. The molecule has 0 saturated carbocycles. The van der Waals surface area contributed by atoms with Gasteiger partial charge < -0.3 is 9.80 Å². The van der Waals surface area contributed by atoms with Crippen molar-refractivity contribution < 1.29 is 0 Å². The summed E-state index contributed by atoms with van der Waals surface area (Å²) >= 11 is 0. The van der Waals surface area contributed by atoms with Gasteiger partial charge in [-0.2, -0.15) is 0 Å². The highest BCUT2D eigenvalue weighted by Crippen LogP contribution is 2.27. The Kier molecular flexibility index (Phi) is 2.37. The van der Waals surface area contributed by atoms with Crippen LogP contribution in [0.4, 0.5) is 0 Å². The zero-order chi connectivity index (χ0) is 8.55. The van der Waals surface area contributed by atoms with Crippen LogP contribution in [0.1, 0.15) is 19.3 Å². The van der Waals surface area contributed by atoms with Crippen molar-refractivity contribution in [2.75, 3.05) is 33.7 Å². The van der Waals surface area contributed by atoms with E-state index in [1.165, 1.54) is 38.9 Å². The van der Waals surface area contributed by atoms with Gasteiger partial charge in [-0.15, -0.1) is 0 Å². The number of nitrogens with zero attached hydrogens (tertiary/aromatic N) is 2. The Morgan fingerprint density at radius 3 is 2.42 bits per heavy atom. The van der Waals surface area contributed by atoms with Crippen LogP contribution in [0, 0.1) is 5.92 Å². The maximum absolute atomic E-state index is 2.57. The Morgan fingerprint density at radius 2 is 1.83 bits per heavy atom. The molecule has 0 bridgehead atoms. The lowest BCUT2D eigenvalue weighted by Gasteiger charge is -2.46. The van der Waals surface area contributed by atoms with Crippen molar-refractivity contribution in [1.29, 1.82) is 0 Å². The second-order valence-corrected chi connectivity index (χ2v) is 4.53. The molecule has 1 unspecified atom stereocenters. The fraction of sp³-hybridized carbons (Fsp3) is 1.00. The maximum Gasteiger partial charge on any atom is 0.0145 e. The third kappa shape index (κ3) is 1.50. The number of hydrogen-bond acceptors (Lipinski definition) is 2. The third-order valence-electron chi connectivity index (χ3n) is 3.46. The molecule has 2 heterocycles. The van der Waals surface area contributed by atoms with Gasteiger partial charge in [0.25, 0.3) is 0 Å². The molecule has 2 saturated heterocycles. The van der Waals surface area contributed by atoms with Gasteiger partial charge in [0, 0.05) is 19.1 Å². The van der Waals surface area contributed by atoms with Crippen LogP contribution in [0.15, 0.2) is 0 Å². The molecule has 12 heavy (non-hydrogen) atoms. The van der Waals surface area contributed by atoms with Crippen LogP contribution in [-0.2, 0) is 0 Å². The highest BCUT2D eigenvalue weighted by molar-refractivity contribution is 4.89. The van der Waals surface area contributed by atoms with E-state index in [2.05, 4.69) is 23.9 Å². The normalized spacial score (nSPS) is 35.0. The zero-order valence-corrected chi connectivity index (χ0v) is 8.29. The van der Waals surface area contributed by atoms with Gasteiger partial charge in [-0.05, 0) is 39.4 Å². The minimum Gasteiger partial charge on any atom is -0.306 e. The van der Waals surface area contributed by atoms with Crippen LogP contribution in [0.2, 0.25) is 0 Å². The lowest BCUT2D eigenvalue weighted by Crippen LogP contribution is -2.55. The number of rotatable bonds is 1. The van der Waals surface area contributed by atoms with E-state index in [9.17, 15) is 0 Å². The van der Waals surface area contributed by atoms with Crippen molar-refractivity contribution in [1.82, 2.24) is 9.80 Å². The third-order valence-corrected chi connectivity index (χ3v) is 3.46. The van der Waals surface area contributed by atoms with Crippen LogP contribution in [-0.4, -0.2) is 49.6 Å². The Balaban J connectivity index is 1.85. The van der Waals surface area contributed by atoms with Gasteiger partial charge in [-0.25, -0.2) is 0 Å². The van der Waals surface area contributed by atoms with Crippen LogP contribution in [0.5, 0.6) is 0 Å². The molecule has 0 N–H and O–H groups in total. The van der Waals surface area contributed by atoms with Crippen LogP contribution >= 0.6 is 0 Å². The molecular weight excluding hydrogens is 148 g/mol. The first-order valence-corrected chi connectivity index (χ1v) is 5.16. The van der Waals surface area contributed by atoms with Gasteiger partial charge >= 0.3 is 0 Å². The van der Waals surface area contributed by atoms with Crippen molar-refractivity contribution in [3.8, 4) is 0 Å². The molecule has 2 aliphatic rings. The number of likely N-dealkylation sites (tertiary alicyclic amines) is 2. The van der Waals surface area contributed by atoms with E-state index >= 15 is 0 Å². The fourth-order valence-electron chi connectivity index (χ4n) is 2.69. The molecule has 70 valence electrons. The van der Waals surface area contributed by atoms with Crippen molar-refractivity contribution >= 4 is 0 Å². The van der Waals surface area contributed by atoms with Gasteiger partial charge in [0.15, 0.2) is 0 Å². The number of piperidine rings is 1. The highest BCUT2D eigenvalue weighted by atomic mass is 15.2. The first-order valence-electron chi connectivity index (χ1n) is 5.16. The minimum atomic E-state index is 0.898. The molecule has 0 amide bonds. The molecule has 0 aromatic carbocycles. The molecule has 2 rings (SSSR count). The Morgan fingerprint density at radius 1 is 1.08 bits per heavy atom. The Labute approximate surface area is 75.5 Å². The van der Waals surface area contributed by atoms with E-state index in [-0.39, 0.29) is 0 Å². The summed E-state index contributed by atoms with van der Waals surface area (Å²) in [7, 11) is 4.52. The predicted molar refractivity (Wildman–Crippen MR) is 51.3 cm³/mol.